The first-order valence-corrected chi connectivity index (χ1v) is 11.0. The molecule has 2 N–H and O–H groups in total. The molecule has 1 saturated heterocycles. The summed E-state index contributed by atoms with van der Waals surface area (Å²) in [6, 6.07) is 12.5. The minimum atomic E-state index is -0.403. The average Bonchev–Trinajstić information content (AvgIpc) is 2.81. The van der Waals surface area contributed by atoms with Crippen molar-refractivity contribution in [1.82, 2.24) is 19.8 Å². The molecule has 1 aliphatic rings. The quantitative estimate of drug-likeness (QED) is 0.551. The number of phenols is 1. The van der Waals surface area contributed by atoms with E-state index in [-0.39, 0.29) is 17.3 Å². The van der Waals surface area contributed by atoms with Crippen LogP contribution in [-0.2, 0) is 6.54 Å². The smallest absolute Gasteiger partial charge is 0.279 e. The number of nitrogens with one attached hydrogen (secondary N) is 1. The summed E-state index contributed by atoms with van der Waals surface area (Å²) in [6.07, 6.45) is 0. The van der Waals surface area contributed by atoms with Crippen molar-refractivity contribution in [3.8, 4) is 11.6 Å². The van der Waals surface area contributed by atoms with Crippen molar-refractivity contribution in [3.63, 3.8) is 0 Å². The molecule has 0 radical (unpaired) electrons. The lowest BCUT2D eigenvalue weighted by atomic mass is 10.1. The zero-order valence-corrected chi connectivity index (χ0v) is 18.5. The van der Waals surface area contributed by atoms with Gasteiger partial charge in [0, 0.05) is 44.0 Å². The first-order valence-electron chi connectivity index (χ1n) is 11.0. The molecule has 4 rings (SSSR count). The van der Waals surface area contributed by atoms with Crippen molar-refractivity contribution in [2.75, 3.05) is 44.6 Å². The Morgan fingerprint density at radius 1 is 1.03 bits per heavy atom. The van der Waals surface area contributed by atoms with Crippen LogP contribution < -0.4 is 10.1 Å². The van der Waals surface area contributed by atoms with Crippen LogP contribution in [0.25, 0.3) is 11.0 Å². The minimum Gasteiger partial charge on any atom is -0.508 e. The number of piperazine rings is 1. The largest absolute Gasteiger partial charge is 0.508 e. The number of nitrogens with zero attached hydrogens (tertiary/aromatic N) is 4. The van der Waals surface area contributed by atoms with Gasteiger partial charge in [-0.05, 0) is 43.8 Å². The van der Waals surface area contributed by atoms with Crippen LogP contribution in [-0.4, -0.2) is 70.1 Å². The predicted molar refractivity (Wildman–Crippen MR) is 124 cm³/mol. The van der Waals surface area contributed by atoms with E-state index in [0.717, 1.165) is 38.3 Å². The molecule has 0 atom stereocenters. The van der Waals surface area contributed by atoms with E-state index in [0.29, 0.717) is 29.9 Å². The summed E-state index contributed by atoms with van der Waals surface area (Å²) >= 11 is 0. The van der Waals surface area contributed by atoms with Gasteiger partial charge in [-0.2, -0.15) is 0 Å². The molecule has 0 aliphatic carbocycles. The summed E-state index contributed by atoms with van der Waals surface area (Å²) in [5.41, 5.74) is 2.80. The van der Waals surface area contributed by atoms with Crippen LogP contribution in [0.1, 0.15) is 29.9 Å². The SMILES string of the molecule is CCOc1nc2ccccc2nc1C(=O)Nc1ccc(O)c(CN2CCN(CC)CC2)c1. The number of aromatic nitrogens is 2. The van der Waals surface area contributed by atoms with Gasteiger partial charge in [0.25, 0.3) is 5.91 Å². The molecule has 2 heterocycles. The Labute approximate surface area is 187 Å². The van der Waals surface area contributed by atoms with Gasteiger partial charge in [-0.1, -0.05) is 19.1 Å². The van der Waals surface area contributed by atoms with Gasteiger partial charge in [-0.15, -0.1) is 0 Å². The normalized spacial score (nSPS) is 15.1. The molecule has 0 bridgehead atoms. The van der Waals surface area contributed by atoms with Gasteiger partial charge in [0.05, 0.1) is 17.6 Å². The number of phenolic OH excluding ortho intramolecular Hbond substituents is 1. The molecule has 0 spiro atoms. The van der Waals surface area contributed by atoms with E-state index in [1.165, 1.54) is 0 Å². The third kappa shape index (κ3) is 4.98. The molecule has 8 heteroatoms. The number of benzene rings is 2. The number of carbonyl (C=O) groups is 1. The van der Waals surface area contributed by atoms with Crippen molar-refractivity contribution in [2.45, 2.75) is 20.4 Å². The first kappa shape index (κ1) is 22.0. The van der Waals surface area contributed by atoms with E-state index in [1.54, 1.807) is 12.1 Å². The van der Waals surface area contributed by atoms with Gasteiger partial charge in [-0.3, -0.25) is 9.69 Å². The highest BCUT2D eigenvalue weighted by molar-refractivity contribution is 6.05. The number of carbonyl (C=O) groups excluding carboxylic acids is 1. The number of rotatable bonds is 7. The summed E-state index contributed by atoms with van der Waals surface area (Å²) < 4.78 is 5.58. The molecule has 2 aromatic carbocycles. The third-order valence-electron chi connectivity index (χ3n) is 5.68. The van der Waals surface area contributed by atoms with Crippen LogP contribution in [0.4, 0.5) is 5.69 Å². The number of amides is 1. The molecule has 1 amide bonds. The van der Waals surface area contributed by atoms with Crippen molar-refractivity contribution in [1.29, 1.82) is 0 Å². The third-order valence-corrected chi connectivity index (χ3v) is 5.68. The van der Waals surface area contributed by atoms with E-state index in [4.69, 9.17) is 4.74 Å². The van der Waals surface area contributed by atoms with Crippen LogP contribution in [0.3, 0.4) is 0 Å². The Balaban J connectivity index is 1.52. The van der Waals surface area contributed by atoms with E-state index in [2.05, 4.69) is 32.0 Å². The Bertz CT molecular complexity index is 1100. The summed E-state index contributed by atoms with van der Waals surface area (Å²) in [4.78, 5) is 26.7. The molecule has 1 aliphatic heterocycles. The molecule has 3 aromatic rings. The van der Waals surface area contributed by atoms with Crippen molar-refractivity contribution in [2.24, 2.45) is 0 Å². The zero-order valence-electron chi connectivity index (χ0n) is 18.5. The summed E-state index contributed by atoms with van der Waals surface area (Å²) in [7, 11) is 0. The van der Waals surface area contributed by atoms with Crippen LogP contribution in [0, 0.1) is 0 Å². The first-order chi connectivity index (χ1) is 15.6. The summed E-state index contributed by atoms with van der Waals surface area (Å²) in [6.45, 7) is 10.0. The fourth-order valence-corrected chi connectivity index (χ4v) is 3.85. The van der Waals surface area contributed by atoms with Gasteiger partial charge in [-0.25, -0.2) is 9.97 Å². The fraction of sp³-hybridized carbons (Fsp3) is 0.375. The molecule has 8 nitrogen and oxygen atoms in total. The lowest BCUT2D eigenvalue weighted by molar-refractivity contribution is 0.101. The van der Waals surface area contributed by atoms with Gasteiger partial charge >= 0.3 is 0 Å². The number of ether oxygens (including phenoxy) is 1. The fourth-order valence-electron chi connectivity index (χ4n) is 3.85. The van der Waals surface area contributed by atoms with Gasteiger partial charge < -0.3 is 20.1 Å². The molecule has 0 saturated carbocycles. The number of para-hydroxylation sites is 2. The number of anilines is 1. The Morgan fingerprint density at radius 2 is 1.72 bits per heavy atom. The monoisotopic (exact) mass is 435 g/mol. The Morgan fingerprint density at radius 3 is 2.41 bits per heavy atom. The summed E-state index contributed by atoms with van der Waals surface area (Å²) in [5, 5.41) is 13.2. The van der Waals surface area contributed by atoms with Crippen LogP contribution in [0.5, 0.6) is 11.6 Å². The second-order valence-electron chi connectivity index (χ2n) is 7.81. The number of aromatic hydroxyl groups is 1. The van der Waals surface area contributed by atoms with Crippen molar-refractivity contribution < 1.29 is 14.6 Å². The van der Waals surface area contributed by atoms with E-state index in [9.17, 15) is 9.90 Å². The minimum absolute atomic E-state index is 0.135. The number of hydrogen-bond donors (Lipinski definition) is 2. The molecule has 1 aromatic heterocycles. The number of hydrogen-bond acceptors (Lipinski definition) is 7. The molecular formula is C24H29N5O3. The topological polar surface area (TPSA) is 90.8 Å². The molecular weight excluding hydrogens is 406 g/mol. The maximum absolute atomic E-state index is 13.0. The standard InChI is InChI=1S/C24H29N5O3/c1-3-28-11-13-29(14-12-28)16-17-15-18(9-10-21(17)30)25-23(31)22-24(32-4-2)27-20-8-6-5-7-19(20)26-22/h5-10,15,30H,3-4,11-14,16H2,1-2H3,(H,25,31). The summed E-state index contributed by atoms with van der Waals surface area (Å²) in [5.74, 6) is 0.0258. The van der Waals surface area contributed by atoms with E-state index < -0.39 is 5.91 Å². The zero-order chi connectivity index (χ0) is 22.5. The molecule has 1 fully saturated rings. The second-order valence-corrected chi connectivity index (χ2v) is 7.81. The number of fused-ring (bicyclic) bond motifs is 1. The van der Waals surface area contributed by atoms with Gasteiger partial charge in [0.15, 0.2) is 5.69 Å². The maximum atomic E-state index is 13.0. The highest BCUT2D eigenvalue weighted by Gasteiger charge is 2.20. The van der Waals surface area contributed by atoms with E-state index in [1.807, 2.05) is 37.3 Å². The van der Waals surface area contributed by atoms with E-state index >= 15 is 0 Å². The highest BCUT2D eigenvalue weighted by atomic mass is 16.5. The van der Waals surface area contributed by atoms with Crippen molar-refractivity contribution in [3.05, 3.63) is 53.7 Å². The van der Waals surface area contributed by atoms with Crippen LogP contribution >= 0.6 is 0 Å². The predicted octanol–water partition coefficient (Wildman–Crippen LogP) is 3.12. The molecule has 168 valence electrons. The highest BCUT2D eigenvalue weighted by Crippen LogP contribution is 2.25. The lowest BCUT2D eigenvalue weighted by Gasteiger charge is -2.34. The van der Waals surface area contributed by atoms with Gasteiger partial charge in [0.1, 0.15) is 5.75 Å². The average molecular weight is 436 g/mol. The number of likely N-dealkylation sites (N-methyl/N-ethyl adjacent to an activating group) is 1. The van der Waals surface area contributed by atoms with Crippen LogP contribution in [0.2, 0.25) is 0 Å². The van der Waals surface area contributed by atoms with Gasteiger partial charge in [0.2, 0.25) is 5.88 Å². The lowest BCUT2D eigenvalue weighted by Crippen LogP contribution is -2.45. The Hall–Kier alpha value is -3.23. The van der Waals surface area contributed by atoms with Crippen LogP contribution in [0.15, 0.2) is 42.5 Å². The molecule has 0 unspecified atom stereocenters. The van der Waals surface area contributed by atoms with Crippen molar-refractivity contribution >= 4 is 22.6 Å². The molecule has 32 heavy (non-hydrogen) atoms. The Kier molecular flexibility index (Phi) is 6.82. The second kappa shape index (κ2) is 9.93. The maximum Gasteiger partial charge on any atom is 0.279 e.